The topological polar surface area (TPSA) is 111 Å². The zero-order valence-electron chi connectivity index (χ0n) is 25.7. The molecule has 0 fully saturated rings. The third-order valence-electron chi connectivity index (χ3n) is 7.37. The summed E-state index contributed by atoms with van der Waals surface area (Å²) in [6.07, 6.45) is 10.1. The Morgan fingerprint density at radius 2 is 1.41 bits per heavy atom. The largest absolute Gasteiger partial charge is 0.507 e. The highest BCUT2D eigenvalue weighted by Crippen LogP contribution is 2.30. The lowest BCUT2D eigenvalue weighted by atomic mass is 9.92. The van der Waals surface area contributed by atoms with Crippen LogP contribution < -0.4 is 10.5 Å². The molecule has 2 rings (SSSR count). The second-order valence-electron chi connectivity index (χ2n) is 10.7. The maximum atomic E-state index is 13.4. The van der Waals surface area contributed by atoms with Crippen molar-refractivity contribution in [1.82, 2.24) is 4.90 Å². The smallest absolute Gasteiger partial charge is 0.257 e. The Morgan fingerprint density at radius 1 is 0.805 bits per heavy atom. The molecule has 2 amide bonds. The standard InChI is InChI=1S/C33H50N2O6/c1-6-7-8-9-10-11-12-13-16-41-27-20-24(2)28(29(23-27)32(34)37)21-26-19-25(3)31(36)30(22-26)33(38)35(14-17-39-4)15-18-40-5/h19-20,22-23,36H,6-18,21H2,1-5H3,(H2,34,37). The Kier molecular flexibility index (Phi) is 15.3. The van der Waals surface area contributed by atoms with E-state index in [1.807, 2.05) is 19.1 Å². The summed E-state index contributed by atoms with van der Waals surface area (Å²) in [5, 5.41) is 10.8. The molecule has 0 heterocycles. The molecule has 2 aromatic rings. The van der Waals surface area contributed by atoms with Crippen LogP contribution in [0.4, 0.5) is 0 Å². The van der Waals surface area contributed by atoms with Gasteiger partial charge in [0.25, 0.3) is 5.91 Å². The van der Waals surface area contributed by atoms with Crippen LogP contribution >= 0.6 is 0 Å². The second-order valence-corrected chi connectivity index (χ2v) is 10.7. The van der Waals surface area contributed by atoms with Gasteiger partial charge in [-0.25, -0.2) is 0 Å². The molecular weight excluding hydrogens is 520 g/mol. The molecule has 228 valence electrons. The van der Waals surface area contributed by atoms with Gasteiger partial charge in [0.2, 0.25) is 5.91 Å². The van der Waals surface area contributed by atoms with E-state index < -0.39 is 5.91 Å². The molecule has 0 saturated heterocycles. The first kappa shape index (κ1) is 34.1. The number of amides is 2. The first-order valence-corrected chi connectivity index (χ1v) is 14.9. The van der Waals surface area contributed by atoms with Gasteiger partial charge in [-0.3, -0.25) is 9.59 Å². The minimum absolute atomic E-state index is 0.0601. The van der Waals surface area contributed by atoms with E-state index in [1.54, 1.807) is 38.2 Å². The summed E-state index contributed by atoms with van der Waals surface area (Å²) < 4.78 is 16.3. The fourth-order valence-electron chi connectivity index (χ4n) is 4.96. The van der Waals surface area contributed by atoms with Crippen molar-refractivity contribution in [3.63, 3.8) is 0 Å². The van der Waals surface area contributed by atoms with Crippen LogP contribution in [-0.4, -0.2) is 69.0 Å². The van der Waals surface area contributed by atoms with Gasteiger partial charge in [0.1, 0.15) is 11.5 Å². The van der Waals surface area contributed by atoms with E-state index in [4.69, 9.17) is 19.9 Å². The number of aryl methyl sites for hydroxylation is 2. The molecule has 0 aliphatic heterocycles. The quantitative estimate of drug-likeness (QED) is 0.190. The zero-order chi connectivity index (χ0) is 30.2. The number of primary amides is 1. The van der Waals surface area contributed by atoms with Crippen LogP contribution in [-0.2, 0) is 15.9 Å². The normalized spacial score (nSPS) is 11.0. The molecule has 8 nitrogen and oxygen atoms in total. The average molecular weight is 571 g/mol. The van der Waals surface area contributed by atoms with Crippen LogP contribution in [0.5, 0.6) is 11.5 Å². The van der Waals surface area contributed by atoms with Gasteiger partial charge in [-0.1, -0.05) is 57.9 Å². The lowest BCUT2D eigenvalue weighted by Crippen LogP contribution is -2.36. The Bertz CT molecular complexity index is 1110. The molecule has 0 aliphatic carbocycles. The number of aromatic hydroxyl groups is 1. The number of methoxy groups -OCH3 is 2. The number of nitrogens with two attached hydrogens (primary N) is 1. The Hall–Kier alpha value is -3.10. The van der Waals surface area contributed by atoms with Crippen molar-refractivity contribution >= 4 is 11.8 Å². The van der Waals surface area contributed by atoms with Crippen molar-refractivity contribution in [3.05, 3.63) is 57.6 Å². The number of phenolic OH excluding ortho intramolecular Hbond substituents is 1. The number of phenols is 1. The van der Waals surface area contributed by atoms with E-state index >= 15 is 0 Å². The molecule has 0 spiro atoms. The number of rotatable bonds is 20. The van der Waals surface area contributed by atoms with Crippen LogP contribution in [0, 0.1) is 13.8 Å². The number of unbranched alkanes of at least 4 members (excludes halogenated alkanes) is 7. The first-order valence-electron chi connectivity index (χ1n) is 14.9. The van der Waals surface area contributed by atoms with Gasteiger partial charge in [0.05, 0.1) is 25.4 Å². The van der Waals surface area contributed by atoms with Gasteiger partial charge in [0.15, 0.2) is 0 Å². The molecule has 0 bridgehead atoms. The summed E-state index contributed by atoms with van der Waals surface area (Å²) in [5.41, 5.74) is 9.42. The molecule has 3 N–H and O–H groups in total. The molecular formula is C33H50N2O6. The molecule has 8 heteroatoms. The highest BCUT2D eigenvalue weighted by atomic mass is 16.5. The highest BCUT2D eigenvalue weighted by molar-refractivity contribution is 5.98. The summed E-state index contributed by atoms with van der Waals surface area (Å²) in [6.45, 7) is 7.98. The highest BCUT2D eigenvalue weighted by Gasteiger charge is 2.22. The zero-order valence-corrected chi connectivity index (χ0v) is 25.7. The Labute approximate surface area is 246 Å². The van der Waals surface area contributed by atoms with E-state index in [0.29, 0.717) is 56.2 Å². The number of hydrogen-bond donors (Lipinski definition) is 2. The van der Waals surface area contributed by atoms with Crippen molar-refractivity contribution < 1.29 is 28.9 Å². The third kappa shape index (κ3) is 11.0. The van der Waals surface area contributed by atoms with Gasteiger partial charge >= 0.3 is 0 Å². The predicted octanol–water partition coefficient (Wildman–Crippen LogP) is 5.95. The Morgan fingerprint density at radius 3 is 2.00 bits per heavy atom. The summed E-state index contributed by atoms with van der Waals surface area (Å²) in [4.78, 5) is 27.5. The number of carbonyl (C=O) groups excluding carboxylic acids is 2. The van der Waals surface area contributed by atoms with Gasteiger partial charge in [-0.05, 0) is 67.1 Å². The van der Waals surface area contributed by atoms with Crippen LogP contribution in [0.3, 0.4) is 0 Å². The summed E-state index contributed by atoms with van der Waals surface area (Å²) >= 11 is 0. The van der Waals surface area contributed by atoms with Crippen LogP contribution in [0.15, 0.2) is 24.3 Å². The van der Waals surface area contributed by atoms with Crippen LogP contribution in [0.1, 0.15) is 101 Å². The van der Waals surface area contributed by atoms with Crippen molar-refractivity contribution in [3.8, 4) is 11.5 Å². The molecule has 0 aromatic heterocycles. The molecule has 2 aromatic carbocycles. The predicted molar refractivity (Wildman–Crippen MR) is 163 cm³/mol. The third-order valence-corrected chi connectivity index (χ3v) is 7.37. The number of ether oxygens (including phenoxy) is 3. The molecule has 0 atom stereocenters. The molecule has 0 radical (unpaired) electrons. The maximum absolute atomic E-state index is 13.4. The van der Waals surface area contributed by atoms with E-state index in [-0.39, 0.29) is 17.2 Å². The monoisotopic (exact) mass is 570 g/mol. The van der Waals surface area contributed by atoms with Crippen LogP contribution in [0.25, 0.3) is 0 Å². The SMILES string of the molecule is CCCCCCCCCCOc1cc(C)c(Cc2cc(C)c(O)c(C(=O)N(CCOC)CCOC)c2)c(C(N)=O)c1. The minimum Gasteiger partial charge on any atom is -0.507 e. The Balaban J connectivity index is 2.18. The fourth-order valence-corrected chi connectivity index (χ4v) is 4.96. The number of carbonyl (C=O) groups is 2. The molecule has 41 heavy (non-hydrogen) atoms. The van der Waals surface area contributed by atoms with E-state index in [2.05, 4.69) is 6.92 Å². The number of nitrogens with zero attached hydrogens (tertiary/aromatic N) is 1. The average Bonchev–Trinajstić information content (AvgIpc) is 2.94. The maximum Gasteiger partial charge on any atom is 0.257 e. The fraction of sp³-hybridized carbons (Fsp3) is 0.576. The van der Waals surface area contributed by atoms with Gasteiger partial charge < -0.3 is 30.0 Å². The minimum atomic E-state index is -0.530. The van der Waals surface area contributed by atoms with Gasteiger partial charge in [-0.15, -0.1) is 0 Å². The van der Waals surface area contributed by atoms with Crippen molar-refractivity contribution in [1.29, 1.82) is 0 Å². The van der Waals surface area contributed by atoms with Gasteiger partial charge in [0, 0.05) is 32.9 Å². The van der Waals surface area contributed by atoms with E-state index in [0.717, 1.165) is 29.5 Å². The second kappa shape index (κ2) is 18.4. The van der Waals surface area contributed by atoms with Crippen molar-refractivity contribution in [2.24, 2.45) is 5.73 Å². The van der Waals surface area contributed by atoms with Crippen molar-refractivity contribution in [2.75, 3.05) is 47.1 Å². The summed E-state index contributed by atoms with van der Waals surface area (Å²) in [6, 6.07) is 7.17. The molecule has 0 saturated carbocycles. The summed E-state index contributed by atoms with van der Waals surface area (Å²) in [7, 11) is 3.15. The molecule has 0 aliphatic rings. The first-order chi connectivity index (χ1) is 19.7. The van der Waals surface area contributed by atoms with E-state index in [1.165, 1.54) is 38.5 Å². The number of hydrogen-bond acceptors (Lipinski definition) is 6. The number of benzene rings is 2. The van der Waals surface area contributed by atoms with Gasteiger partial charge in [-0.2, -0.15) is 0 Å². The molecule has 0 unspecified atom stereocenters. The summed E-state index contributed by atoms with van der Waals surface area (Å²) in [5.74, 6) is -0.265. The van der Waals surface area contributed by atoms with Crippen molar-refractivity contribution in [2.45, 2.75) is 78.6 Å². The van der Waals surface area contributed by atoms with Crippen LogP contribution in [0.2, 0.25) is 0 Å². The lowest BCUT2D eigenvalue weighted by molar-refractivity contribution is 0.0624. The lowest BCUT2D eigenvalue weighted by Gasteiger charge is -2.23. The van der Waals surface area contributed by atoms with E-state index in [9.17, 15) is 14.7 Å².